The third kappa shape index (κ3) is 3.68. The molecule has 3 unspecified atom stereocenters. The van der Waals surface area contributed by atoms with E-state index in [1.807, 2.05) is 0 Å². The van der Waals surface area contributed by atoms with Crippen molar-refractivity contribution in [1.82, 2.24) is 5.32 Å². The molecule has 0 aromatic rings. The number of hydrogen-bond acceptors (Lipinski definition) is 1. The fourth-order valence-electron chi connectivity index (χ4n) is 2.18. The molecule has 1 heteroatoms. The lowest BCUT2D eigenvalue weighted by Crippen LogP contribution is -2.28. The second-order valence-electron chi connectivity index (χ2n) is 4.84. The largest absolute Gasteiger partial charge is 0.316 e. The van der Waals surface area contributed by atoms with Crippen molar-refractivity contribution >= 4 is 0 Å². The van der Waals surface area contributed by atoms with E-state index in [1.165, 1.54) is 38.8 Å². The summed E-state index contributed by atoms with van der Waals surface area (Å²) in [6.45, 7) is 9.46. The van der Waals surface area contributed by atoms with E-state index in [4.69, 9.17) is 0 Å². The smallest absolute Gasteiger partial charge is 0.00179 e. The van der Waals surface area contributed by atoms with Gasteiger partial charge in [-0.05, 0) is 37.3 Å². The zero-order chi connectivity index (χ0) is 9.68. The van der Waals surface area contributed by atoms with Crippen molar-refractivity contribution in [3.8, 4) is 0 Å². The van der Waals surface area contributed by atoms with Gasteiger partial charge >= 0.3 is 0 Å². The fraction of sp³-hybridized carbons (Fsp3) is 1.00. The quantitative estimate of drug-likeness (QED) is 0.691. The minimum absolute atomic E-state index is 0.844. The molecule has 1 nitrogen and oxygen atoms in total. The Balaban J connectivity index is 2.05. The van der Waals surface area contributed by atoms with Gasteiger partial charge < -0.3 is 5.32 Å². The van der Waals surface area contributed by atoms with Crippen LogP contribution in [0, 0.1) is 17.8 Å². The molecule has 3 atom stereocenters. The van der Waals surface area contributed by atoms with E-state index in [0.29, 0.717) is 0 Å². The molecule has 0 aromatic carbocycles. The zero-order valence-electron chi connectivity index (χ0n) is 9.47. The van der Waals surface area contributed by atoms with Gasteiger partial charge in [-0.25, -0.2) is 0 Å². The van der Waals surface area contributed by atoms with Crippen molar-refractivity contribution in [1.29, 1.82) is 0 Å². The van der Waals surface area contributed by atoms with Crippen LogP contribution in [-0.2, 0) is 0 Å². The van der Waals surface area contributed by atoms with Gasteiger partial charge in [0, 0.05) is 0 Å². The van der Waals surface area contributed by atoms with Crippen molar-refractivity contribution in [2.75, 3.05) is 13.1 Å². The Bertz CT molecular complexity index is 133. The SMILES string of the molecule is CCC(C)CNCC1CCCC1C. The molecule has 0 aliphatic heterocycles. The molecule has 1 aliphatic carbocycles. The van der Waals surface area contributed by atoms with Crippen LogP contribution in [-0.4, -0.2) is 13.1 Å². The molecule has 0 heterocycles. The number of rotatable bonds is 5. The minimum Gasteiger partial charge on any atom is -0.316 e. The van der Waals surface area contributed by atoms with Gasteiger partial charge in [0.05, 0.1) is 0 Å². The summed E-state index contributed by atoms with van der Waals surface area (Å²) >= 11 is 0. The van der Waals surface area contributed by atoms with Crippen LogP contribution in [0.15, 0.2) is 0 Å². The van der Waals surface area contributed by atoms with Crippen LogP contribution >= 0.6 is 0 Å². The normalized spacial score (nSPS) is 30.7. The Hall–Kier alpha value is -0.0400. The molecule has 0 spiro atoms. The van der Waals surface area contributed by atoms with Gasteiger partial charge in [0.25, 0.3) is 0 Å². The zero-order valence-corrected chi connectivity index (χ0v) is 9.47. The average Bonchev–Trinajstić information content (AvgIpc) is 2.52. The van der Waals surface area contributed by atoms with E-state index in [2.05, 4.69) is 26.1 Å². The summed E-state index contributed by atoms with van der Waals surface area (Å²) < 4.78 is 0. The van der Waals surface area contributed by atoms with E-state index >= 15 is 0 Å². The Morgan fingerprint density at radius 2 is 2.15 bits per heavy atom. The molecule has 1 fully saturated rings. The molecule has 0 radical (unpaired) electrons. The molecule has 1 aliphatic rings. The minimum atomic E-state index is 0.844. The Kier molecular flexibility index (Phi) is 4.79. The Morgan fingerprint density at radius 1 is 1.38 bits per heavy atom. The average molecular weight is 183 g/mol. The highest BCUT2D eigenvalue weighted by molar-refractivity contribution is 4.76. The first kappa shape index (κ1) is 11.0. The molecule has 0 aromatic heterocycles. The van der Waals surface area contributed by atoms with Gasteiger partial charge in [-0.3, -0.25) is 0 Å². The van der Waals surface area contributed by atoms with Gasteiger partial charge in [0.2, 0.25) is 0 Å². The summed E-state index contributed by atoms with van der Waals surface area (Å²) in [7, 11) is 0. The van der Waals surface area contributed by atoms with Crippen molar-refractivity contribution < 1.29 is 0 Å². The van der Waals surface area contributed by atoms with E-state index < -0.39 is 0 Å². The Morgan fingerprint density at radius 3 is 2.69 bits per heavy atom. The summed E-state index contributed by atoms with van der Waals surface area (Å²) in [6, 6.07) is 0. The highest BCUT2D eigenvalue weighted by atomic mass is 14.9. The van der Waals surface area contributed by atoms with Gasteiger partial charge in [-0.1, -0.05) is 40.0 Å². The standard InChI is InChI=1S/C12H25N/c1-4-10(2)8-13-9-12-7-5-6-11(12)3/h10-13H,4-9H2,1-3H3. The van der Waals surface area contributed by atoms with Gasteiger partial charge in [0.15, 0.2) is 0 Å². The first-order valence-electron chi connectivity index (χ1n) is 5.94. The van der Waals surface area contributed by atoms with E-state index in [-0.39, 0.29) is 0 Å². The molecule has 0 saturated heterocycles. The molecule has 1 N–H and O–H groups in total. The van der Waals surface area contributed by atoms with Gasteiger partial charge in [-0.2, -0.15) is 0 Å². The lowest BCUT2D eigenvalue weighted by atomic mass is 9.98. The van der Waals surface area contributed by atoms with Gasteiger partial charge in [-0.15, -0.1) is 0 Å². The maximum Gasteiger partial charge on any atom is -0.00179 e. The summed E-state index contributed by atoms with van der Waals surface area (Å²) in [4.78, 5) is 0. The molecule has 13 heavy (non-hydrogen) atoms. The van der Waals surface area contributed by atoms with Crippen LogP contribution in [0.1, 0.15) is 46.5 Å². The van der Waals surface area contributed by atoms with Crippen LogP contribution in [0.2, 0.25) is 0 Å². The molecule has 1 saturated carbocycles. The fourth-order valence-corrected chi connectivity index (χ4v) is 2.18. The first-order valence-corrected chi connectivity index (χ1v) is 5.94. The number of nitrogens with one attached hydrogen (secondary N) is 1. The molecule has 1 rings (SSSR count). The van der Waals surface area contributed by atoms with E-state index in [9.17, 15) is 0 Å². The molecular weight excluding hydrogens is 158 g/mol. The summed E-state index contributed by atoms with van der Waals surface area (Å²) in [5.41, 5.74) is 0. The monoisotopic (exact) mass is 183 g/mol. The van der Waals surface area contributed by atoms with E-state index in [0.717, 1.165) is 17.8 Å². The maximum atomic E-state index is 3.61. The number of hydrogen-bond donors (Lipinski definition) is 1. The topological polar surface area (TPSA) is 12.0 Å². The molecule has 78 valence electrons. The van der Waals surface area contributed by atoms with Crippen LogP contribution in [0.25, 0.3) is 0 Å². The second-order valence-corrected chi connectivity index (χ2v) is 4.84. The molecular formula is C12H25N. The lowest BCUT2D eigenvalue weighted by molar-refractivity contribution is 0.375. The summed E-state index contributed by atoms with van der Waals surface area (Å²) in [5, 5.41) is 3.61. The third-order valence-electron chi connectivity index (χ3n) is 3.64. The van der Waals surface area contributed by atoms with Crippen molar-refractivity contribution in [2.45, 2.75) is 46.5 Å². The summed E-state index contributed by atoms with van der Waals surface area (Å²) in [5.74, 6) is 2.77. The van der Waals surface area contributed by atoms with Crippen molar-refractivity contribution in [2.24, 2.45) is 17.8 Å². The highest BCUT2D eigenvalue weighted by Gasteiger charge is 2.22. The van der Waals surface area contributed by atoms with Crippen LogP contribution < -0.4 is 5.32 Å². The lowest BCUT2D eigenvalue weighted by Gasteiger charge is -2.17. The van der Waals surface area contributed by atoms with Gasteiger partial charge in [0.1, 0.15) is 0 Å². The maximum absolute atomic E-state index is 3.61. The second kappa shape index (κ2) is 5.64. The predicted octanol–water partition coefficient (Wildman–Crippen LogP) is 3.06. The van der Waals surface area contributed by atoms with E-state index in [1.54, 1.807) is 0 Å². The first-order chi connectivity index (χ1) is 6.24. The Labute approximate surface area is 83.3 Å². The van der Waals surface area contributed by atoms with Crippen molar-refractivity contribution in [3.05, 3.63) is 0 Å². The van der Waals surface area contributed by atoms with Crippen molar-refractivity contribution in [3.63, 3.8) is 0 Å². The molecule has 0 bridgehead atoms. The highest BCUT2D eigenvalue weighted by Crippen LogP contribution is 2.30. The van der Waals surface area contributed by atoms with Crippen LogP contribution in [0.4, 0.5) is 0 Å². The van der Waals surface area contributed by atoms with Crippen LogP contribution in [0.5, 0.6) is 0 Å². The van der Waals surface area contributed by atoms with Crippen LogP contribution in [0.3, 0.4) is 0 Å². The predicted molar refractivity (Wildman–Crippen MR) is 58.8 cm³/mol. The summed E-state index contributed by atoms with van der Waals surface area (Å²) in [6.07, 6.45) is 5.66. The molecule has 0 amide bonds. The third-order valence-corrected chi connectivity index (χ3v) is 3.64.